The second kappa shape index (κ2) is 12.6. The molecule has 0 saturated heterocycles. The third-order valence-electron chi connectivity index (χ3n) is 10.8. The summed E-state index contributed by atoms with van der Waals surface area (Å²) < 4.78 is 9.08. The van der Waals surface area contributed by atoms with E-state index in [0.29, 0.717) is 5.89 Å². The molecule has 55 heavy (non-hydrogen) atoms. The molecule has 11 aromatic rings. The highest BCUT2D eigenvalue weighted by atomic mass is 16.3. The van der Waals surface area contributed by atoms with Crippen molar-refractivity contribution in [1.82, 2.24) is 9.55 Å². The molecule has 0 fully saturated rings. The van der Waals surface area contributed by atoms with E-state index >= 15 is 0 Å². The predicted molar refractivity (Wildman–Crippen MR) is 229 cm³/mol. The second-order valence-electron chi connectivity index (χ2n) is 14.0. The van der Waals surface area contributed by atoms with Crippen LogP contribution in [0.5, 0.6) is 0 Å². The quantitative estimate of drug-likeness (QED) is 0.162. The van der Waals surface area contributed by atoms with Gasteiger partial charge in [-0.15, -0.1) is 0 Å². The van der Waals surface area contributed by atoms with Gasteiger partial charge in [-0.3, -0.25) is 0 Å². The van der Waals surface area contributed by atoms with Crippen LogP contribution >= 0.6 is 0 Å². The van der Waals surface area contributed by atoms with Gasteiger partial charge in [0, 0.05) is 44.5 Å². The summed E-state index contributed by atoms with van der Waals surface area (Å²) in [6, 6.07) is 71.0. The van der Waals surface area contributed by atoms with Gasteiger partial charge in [0.1, 0.15) is 5.52 Å². The van der Waals surface area contributed by atoms with E-state index in [9.17, 15) is 0 Å². The topological polar surface area (TPSA) is 34.2 Å². The first-order chi connectivity index (χ1) is 27.3. The molecule has 0 atom stereocenters. The minimum absolute atomic E-state index is 0.618. The second-order valence-corrected chi connectivity index (χ2v) is 14.0. The Morgan fingerprint density at radius 2 is 1.09 bits per heavy atom. The molecule has 4 nitrogen and oxygen atoms in total. The van der Waals surface area contributed by atoms with Crippen LogP contribution < -0.4 is 4.90 Å². The van der Waals surface area contributed by atoms with Crippen molar-refractivity contribution >= 4 is 71.5 Å². The summed E-state index contributed by atoms with van der Waals surface area (Å²) in [4.78, 5) is 7.30. The number of aromatic nitrogens is 2. The number of fused-ring (bicyclic) bond motifs is 8. The van der Waals surface area contributed by atoms with Crippen molar-refractivity contribution in [2.75, 3.05) is 4.90 Å². The molecule has 0 bridgehead atoms. The molecule has 0 aliphatic heterocycles. The molecule has 258 valence electrons. The van der Waals surface area contributed by atoms with Crippen LogP contribution in [0, 0.1) is 0 Å². The van der Waals surface area contributed by atoms with Gasteiger partial charge in [0.15, 0.2) is 5.58 Å². The third-order valence-corrected chi connectivity index (χ3v) is 10.8. The van der Waals surface area contributed by atoms with E-state index in [1.165, 1.54) is 27.4 Å². The molecule has 4 heteroatoms. The van der Waals surface area contributed by atoms with Gasteiger partial charge in [0.05, 0.1) is 11.0 Å². The van der Waals surface area contributed by atoms with E-state index < -0.39 is 0 Å². The van der Waals surface area contributed by atoms with Crippen LogP contribution in [0.1, 0.15) is 0 Å². The molecule has 0 spiro atoms. The molecular formula is C51H33N3O. The van der Waals surface area contributed by atoms with E-state index in [-0.39, 0.29) is 0 Å². The lowest BCUT2D eigenvalue weighted by molar-refractivity contribution is 0.623. The zero-order valence-electron chi connectivity index (χ0n) is 29.8. The zero-order valence-corrected chi connectivity index (χ0v) is 29.8. The first kappa shape index (κ1) is 31.1. The first-order valence-corrected chi connectivity index (χ1v) is 18.6. The summed E-state index contributed by atoms with van der Waals surface area (Å²) in [6.45, 7) is 0. The standard InChI is InChI=1S/C51H33N3O/c1-5-15-34(16-6-1)51-52-46-29-25-36-32-43(35-26-30-48-44(31-35)42-23-13-14-24-47(42)54(48)39-21-11-4-12-22-39)41-28-27-40(33-45(41)49(36)50(46)55-51)53(37-17-7-2-8-18-37)38-19-9-3-10-20-38/h1-33H. The van der Waals surface area contributed by atoms with Crippen molar-refractivity contribution in [3.63, 3.8) is 0 Å². The van der Waals surface area contributed by atoms with Gasteiger partial charge in [-0.05, 0) is 118 Å². The summed E-state index contributed by atoms with van der Waals surface area (Å²) in [5, 5.41) is 6.85. The van der Waals surface area contributed by atoms with Gasteiger partial charge in [0.25, 0.3) is 0 Å². The average molecular weight is 704 g/mol. The normalized spacial score (nSPS) is 11.6. The number of hydrogen-bond donors (Lipinski definition) is 0. The van der Waals surface area contributed by atoms with Crippen molar-refractivity contribution in [2.24, 2.45) is 0 Å². The maximum absolute atomic E-state index is 6.71. The molecule has 0 amide bonds. The summed E-state index contributed by atoms with van der Waals surface area (Å²) in [7, 11) is 0. The van der Waals surface area contributed by atoms with Crippen molar-refractivity contribution in [1.29, 1.82) is 0 Å². The minimum atomic E-state index is 0.618. The fraction of sp³-hybridized carbons (Fsp3) is 0. The zero-order chi connectivity index (χ0) is 36.3. The van der Waals surface area contributed by atoms with Crippen molar-refractivity contribution in [3.8, 4) is 28.3 Å². The average Bonchev–Trinajstić information content (AvgIpc) is 3.84. The molecule has 0 unspecified atom stereocenters. The van der Waals surface area contributed by atoms with Gasteiger partial charge in [0.2, 0.25) is 5.89 Å². The Kier molecular flexibility index (Phi) is 7.14. The number of anilines is 3. The largest absolute Gasteiger partial charge is 0.435 e. The van der Waals surface area contributed by atoms with E-state index in [0.717, 1.165) is 66.5 Å². The van der Waals surface area contributed by atoms with E-state index in [1.807, 2.05) is 30.3 Å². The maximum Gasteiger partial charge on any atom is 0.227 e. The molecule has 2 heterocycles. The number of rotatable bonds is 6. The molecule has 2 aromatic heterocycles. The number of benzene rings is 9. The predicted octanol–water partition coefficient (Wildman–Crippen LogP) is 14.0. The number of hydrogen-bond acceptors (Lipinski definition) is 3. The third kappa shape index (κ3) is 5.11. The fourth-order valence-corrected chi connectivity index (χ4v) is 8.29. The van der Waals surface area contributed by atoms with Crippen LogP contribution in [0.15, 0.2) is 205 Å². The summed E-state index contributed by atoms with van der Waals surface area (Å²) in [5.41, 5.74) is 11.7. The highest BCUT2D eigenvalue weighted by Crippen LogP contribution is 2.44. The number of oxazole rings is 1. The molecule has 11 rings (SSSR count). The monoisotopic (exact) mass is 703 g/mol. The van der Waals surface area contributed by atoms with Gasteiger partial charge in [-0.25, -0.2) is 4.98 Å². The van der Waals surface area contributed by atoms with Crippen LogP contribution in [0.3, 0.4) is 0 Å². The first-order valence-electron chi connectivity index (χ1n) is 18.6. The smallest absolute Gasteiger partial charge is 0.227 e. The number of nitrogens with zero attached hydrogens (tertiary/aromatic N) is 3. The lowest BCUT2D eigenvalue weighted by Crippen LogP contribution is -2.09. The van der Waals surface area contributed by atoms with Crippen molar-refractivity contribution in [2.45, 2.75) is 0 Å². The highest BCUT2D eigenvalue weighted by Gasteiger charge is 2.20. The van der Waals surface area contributed by atoms with Gasteiger partial charge in [-0.2, -0.15) is 0 Å². The van der Waals surface area contributed by atoms with Gasteiger partial charge >= 0.3 is 0 Å². The Balaban J connectivity index is 1.20. The van der Waals surface area contributed by atoms with E-state index in [2.05, 4.69) is 179 Å². The van der Waals surface area contributed by atoms with E-state index in [1.54, 1.807) is 0 Å². The van der Waals surface area contributed by atoms with Crippen LogP contribution in [-0.4, -0.2) is 9.55 Å². The fourth-order valence-electron chi connectivity index (χ4n) is 8.29. The molecule has 0 aliphatic rings. The molecule has 0 saturated carbocycles. The van der Waals surface area contributed by atoms with Crippen LogP contribution in [0.2, 0.25) is 0 Å². The van der Waals surface area contributed by atoms with Crippen LogP contribution in [-0.2, 0) is 0 Å². The van der Waals surface area contributed by atoms with Gasteiger partial charge in [-0.1, -0.05) is 109 Å². The molecule has 9 aromatic carbocycles. The van der Waals surface area contributed by atoms with Gasteiger partial charge < -0.3 is 13.9 Å². The Hall–Kier alpha value is -7.43. The molecule has 0 radical (unpaired) electrons. The van der Waals surface area contributed by atoms with E-state index in [4.69, 9.17) is 9.40 Å². The Morgan fingerprint density at radius 3 is 1.84 bits per heavy atom. The minimum Gasteiger partial charge on any atom is -0.435 e. The molecular weight excluding hydrogens is 671 g/mol. The SMILES string of the molecule is c1ccc(-c2nc3ccc4cc(-c5ccc6c(c5)c5ccccc5n6-c5ccccc5)c5ccc(N(c6ccccc6)c6ccccc6)cc5c4c3o2)cc1. The summed E-state index contributed by atoms with van der Waals surface area (Å²) >= 11 is 0. The van der Waals surface area contributed by atoms with Crippen molar-refractivity contribution in [3.05, 3.63) is 200 Å². The maximum atomic E-state index is 6.71. The molecule has 0 N–H and O–H groups in total. The Bertz CT molecular complexity index is 3150. The Labute approximate surface area is 317 Å². The lowest BCUT2D eigenvalue weighted by Gasteiger charge is -2.26. The van der Waals surface area contributed by atoms with Crippen LogP contribution in [0.25, 0.3) is 82.7 Å². The van der Waals surface area contributed by atoms with Crippen molar-refractivity contribution < 1.29 is 4.42 Å². The number of para-hydroxylation sites is 4. The highest BCUT2D eigenvalue weighted by molar-refractivity contribution is 6.23. The lowest BCUT2D eigenvalue weighted by atomic mass is 9.91. The Morgan fingerprint density at radius 1 is 0.436 bits per heavy atom. The molecule has 0 aliphatic carbocycles. The summed E-state index contributed by atoms with van der Waals surface area (Å²) in [6.07, 6.45) is 0. The van der Waals surface area contributed by atoms with Crippen LogP contribution in [0.4, 0.5) is 17.1 Å². The summed E-state index contributed by atoms with van der Waals surface area (Å²) in [5.74, 6) is 0.618.